The van der Waals surface area contributed by atoms with Gasteiger partial charge in [-0.1, -0.05) is 42.1 Å². The van der Waals surface area contributed by atoms with E-state index < -0.39 is 25.1 Å². The first-order valence-electron chi connectivity index (χ1n) is 7.43. The van der Waals surface area contributed by atoms with E-state index in [-0.39, 0.29) is 11.4 Å². The summed E-state index contributed by atoms with van der Waals surface area (Å²) in [5.74, 6) is -1.55. The monoisotopic (exact) mass is 379 g/mol. The zero-order chi connectivity index (χ0) is 18.8. The van der Waals surface area contributed by atoms with Crippen molar-refractivity contribution >= 4 is 29.3 Å². The fourth-order valence-electron chi connectivity index (χ4n) is 1.81. The number of halogens is 2. The molecular formula is C18H15F2NO4S. The number of para-hydroxylation sites is 2. The first-order chi connectivity index (χ1) is 12.5. The Bertz CT molecular complexity index is 769. The summed E-state index contributed by atoms with van der Waals surface area (Å²) >= 11 is 1.32. The first kappa shape index (κ1) is 19.5. The lowest BCUT2D eigenvalue weighted by Crippen LogP contribution is -2.20. The number of nitrogens with one attached hydrogen (secondary N) is 1. The van der Waals surface area contributed by atoms with E-state index in [1.54, 1.807) is 11.5 Å². The first-order valence-corrected chi connectivity index (χ1v) is 8.31. The van der Waals surface area contributed by atoms with Crippen molar-refractivity contribution in [3.05, 3.63) is 66.1 Å². The smallest absolute Gasteiger partial charge is 0.387 e. The van der Waals surface area contributed by atoms with Gasteiger partial charge in [0.1, 0.15) is 5.75 Å². The molecule has 0 bridgehead atoms. The van der Waals surface area contributed by atoms with E-state index in [1.165, 1.54) is 36.0 Å². The van der Waals surface area contributed by atoms with Crippen LogP contribution in [0.5, 0.6) is 5.75 Å². The van der Waals surface area contributed by atoms with Gasteiger partial charge in [0, 0.05) is 11.0 Å². The predicted octanol–water partition coefficient (Wildman–Crippen LogP) is 4.08. The van der Waals surface area contributed by atoms with Crippen molar-refractivity contribution in [3.8, 4) is 5.75 Å². The van der Waals surface area contributed by atoms with Gasteiger partial charge in [0.05, 0.1) is 5.69 Å². The van der Waals surface area contributed by atoms with E-state index in [1.807, 2.05) is 30.3 Å². The van der Waals surface area contributed by atoms with Gasteiger partial charge in [-0.3, -0.25) is 4.79 Å². The van der Waals surface area contributed by atoms with Gasteiger partial charge in [-0.15, -0.1) is 0 Å². The molecule has 2 aromatic carbocycles. The Morgan fingerprint density at radius 1 is 1.08 bits per heavy atom. The molecule has 1 amide bonds. The summed E-state index contributed by atoms with van der Waals surface area (Å²) < 4.78 is 33.7. The minimum Gasteiger partial charge on any atom is -0.452 e. The number of carbonyl (C=O) groups excluding carboxylic acids is 2. The number of amides is 1. The highest BCUT2D eigenvalue weighted by Gasteiger charge is 2.12. The number of carbonyl (C=O) groups is 2. The van der Waals surface area contributed by atoms with Gasteiger partial charge in [-0.25, -0.2) is 4.79 Å². The molecule has 8 heteroatoms. The molecule has 0 aliphatic rings. The minimum absolute atomic E-state index is 0.0593. The average molecular weight is 379 g/mol. The zero-order valence-electron chi connectivity index (χ0n) is 13.4. The third-order valence-corrected chi connectivity index (χ3v) is 3.69. The molecule has 5 nitrogen and oxygen atoms in total. The number of ether oxygens (including phenoxy) is 2. The summed E-state index contributed by atoms with van der Waals surface area (Å²) in [5.41, 5.74) is 0.0593. The highest BCUT2D eigenvalue weighted by molar-refractivity contribution is 8.02. The van der Waals surface area contributed by atoms with Gasteiger partial charge < -0.3 is 14.8 Å². The Labute approximate surface area is 153 Å². The van der Waals surface area contributed by atoms with E-state index in [0.29, 0.717) is 0 Å². The molecule has 26 heavy (non-hydrogen) atoms. The van der Waals surface area contributed by atoms with Crippen LogP contribution in [0.2, 0.25) is 0 Å². The molecule has 2 rings (SSSR count). The van der Waals surface area contributed by atoms with Crippen LogP contribution in [0, 0.1) is 0 Å². The molecule has 0 heterocycles. The van der Waals surface area contributed by atoms with Crippen LogP contribution < -0.4 is 10.1 Å². The van der Waals surface area contributed by atoms with E-state index in [9.17, 15) is 18.4 Å². The third-order valence-electron chi connectivity index (χ3n) is 2.87. The van der Waals surface area contributed by atoms with Crippen molar-refractivity contribution in [3.63, 3.8) is 0 Å². The number of thioether (sulfide) groups is 1. The number of benzene rings is 2. The van der Waals surface area contributed by atoms with Gasteiger partial charge in [0.2, 0.25) is 0 Å². The van der Waals surface area contributed by atoms with Crippen LogP contribution in [0.3, 0.4) is 0 Å². The molecule has 0 spiro atoms. The highest BCUT2D eigenvalue weighted by atomic mass is 32.2. The number of esters is 1. The fraction of sp³-hybridized carbons (Fsp3) is 0.111. The summed E-state index contributed by atoms with van der Waals surface area (Å²) in [4.78, 5) is 24.3. The van der Waals surface area contributed by atoms with Crippen LogP contribution in [-0.2, 0) is 14.3 Å². The molecule has 0 aromatic heterocycles. The molecule has 1 N–H and O–H groups in total. The zero-order valence-corrected chi connectivity index (χ0v) is 14.2. The van der Waals surface area contributed by atoms with E-state index >= 15 is 0 Å². The maximum Gasteiger partial charge on any atom is 0.387 e. The molecule has 0 saturated heterocycles. The van der Waals surface area contributed by atoms with Crippen LogP contribution in [0.25, 0.3) is 0 Å². The summed E-state index contributed by atoms with van der Waals surface area (Å²) in [5, 5.41) is 3.89. The van der Waals surface area contributed by atoms with Gasteiger partial charge in [-0.2, -0.15) is 8.78 Å². The van der Waals surface area contributed by atoms with Gasteiger partial charge in [0.25, 0.3) is 5.91 Å². The third kappa shape index (κ3) is 6.94. The van der Waals surface area contributed by atoms with E-state index in [0.717, 1.165) is 4.90 Å². The second kappa shape index (κ2) is 10.2. The SMILES string of the molecule is O=C(COC(=O)/C=C/Sc1ccccc1)Nc1ccccc1OC(F)F. The molecule has 0 radical (unpaired) electrons. The average Bonchev–Trinajstić information content (AvgIpc) is 2.62. The second-order valence-electron chi connectivity index (χ2n) is 4.76. The Balaban J connectivity index is 1.79. The Morgan fingerprint density at radius 3 is 2.50 bits per heavy atom. The van der Waals surface area contributed by atoms with Gasteiger partial charge in [0.15, 0.2) is 6.61 Å². The maximum absolute atomic E-state index is 12.3. The Morgan fingerprint density at radius 2 is 1.77 bits per heavy atom. The van der Waals surface area contributed by atoms with Gasteiger partial charge >= 0.3 is 12.6 Å². The normalized spacial score (nSPS) is 10.7. The molecule has 0 fully saturated rings. The van der Waals surface area contributed by atoms with Crippen molar-refractivity contribution in [2.45, 2.75) is 11.5 Å². The number of hydrogen-bond acceptors (Lipinski definition) is 5. The molecule has 0 unspecified atom stereocenters. The van der Waals surface area contributed by atoms with E-state index in [4.69, 9.17) is 4.74 Å². The molecule has 0 saturated carbocycles. The van der Waals surface area contributed by atoms with Crippen LogP contribution in [0.15, 0.2) is 71.0 Å². The molecule has 0 atom stereocenters. The Hall–Kier alpha value is -2.87. The molecule has 136 valence electrons. The van der Waals surface area contributed by atoms with Crippen molar-refractivity contribution in [2.24, 2.45) is 0 Å². The van der Waals surface area contributed by atoms with Crippen LogP contribution in [-0.4, -0.2) is 25.1 Å². The predicted molar refractivity (Wildman–Crippen MR) is 94.1 cm³/mol. The summed E-state index contributed by atoms with van der Waals surface area (Å²) in [6.45, 7) is -3.57. The van der Waals surface area contributed by atoms with Crippen molar-refractivity contribution in [1.82, 2.24) is 0 Å². The number of hydrogen-bond donors (Lipinski definition) is 1. The van der Waals surface area contributed by atoms with Crippen molar-refractivity contribution in [2.75, 3.05) is 11.9 Å². The number of anilines is 1. The topological polar surface area (TPSA) is 64.6 Å². The van der Waals surface area contributed by atoms with Crippen molar-refractivity contribution in [1.29, 1.82) is 0 Å². The minimum atomic E-state index is -3.02. The lowest BCUT2D eigenvalue weighted by atomic mass is 10.3. The molecular weight excluding hydrogens is 364 g/mol. The van der Waals surface area contributed by atoms with Crippen molar-refractivity contribution < 1.29 is 27.8 Å². The summed E-state index contributed by atoms with van der Waals surface area (Å²) in [6, 6.07) is 15.1. The molecule has 0 aliphatic heterocycles. The largest absolute Gasteiger partial charge is 0.452 e. The quantitative estimate of drug-likeness (QED) is 0.425. The van der Waals surface area contributed by atoms with Crippen LogP contribution in [0.1, 0.15) is 0 Å². The Kier molecular flexibility index (Phi) is 7.63. The lowest BCUT2D eigenvalue weighted by molar-refractivity contribution is -0.142. The maximum atomic E-state index is 12.3. The summed E-state index contributed by atoms with van der Waals surface area (Å²) in [6.07, 6.45) is 1.19. The number of alkyl halides is 2. The lowest BCUT2D eigenvalue weighted by Gasteiger charge is -2.11. The molecule has 2 aromatic rings. The standard InChI is InChI=1S/C18H15F2NO4S/c19-18(20)25-15-9-5-4-8-14(15)21-16(22)12-24-17(23)10-11-26-13-6-2-1-3-7-13/h1-11,18H,12H2,(H,21,22)/b11-10+. The fourth-order valence-corrected chi connectivity index (χ4v) is 2.46. The number of rotatable bonds is 8. The van der Waals surface area contributed by atoms with Gasteiger partial charge in [-0.05, 0) is 29.7 Å². The second-order valence-corrected chi connectivity index (χ2v) is 5.74. The molecule has 0 aliphatic carbocycles. The summed E-state index contributed by atoms with van der Waals surface area (Å²) in [7, 11) is 0. The highest BCUT2D eigenvalue weighted by Crippen LogP contribution is 2.25. The van der Waals surface area contributed by atoms with E-state index in [2.05, 4.69) is 10.1 Å². The van der Waals surface area contributed by atoms with Crippen LogP contribution in [0.4, 0.5) is 14.5 Å². The van der Waals surface area contributed by atoms with Crippen LogP contribution >= 0.6 is 11.8 Å².